The summed E-state index contributed by atoms with van der Waals surface area (Å²) in [4.78, 5) is 12.5. The van der Waals surface area contributed by atoms with Crippen molar-refractivity contribution in [3.8, 4) is 5.75 Å². The summed E-state index contributed by atoms with van der Waals surface area (Å²) < 4.78 is 11.6. The second-order valence-electron chi connectivity index (χ2n) is 6.76. The van der Waals surface area contributed by atoms with E-state index < -0.39 is 5.60 Å². The van der Waals surface area contributed by atoms with Crippen LogP contribution in [-0.2, 0) is 15.1 Å². The molecule has 1 saturated heterocycles. The van der Waals surface area contributed by atoms with Gasteiger partial charge in [-0.15, -0.1) is 0 Å². The van der Waals surface area contributed by atoms with Crippen molar-refractivity contribution < 1.29 is 14.3 Å². The van der Waals surface area contributed by atoms with Crippen LogP contribution >= 0.6 is 0 Å². The van der Waals surface area contributed by atoms with Crippen molar-refractivity contribution in [1.29, 1.82) is 0 Å². The number of hydrogen-bond acceptors (Lipinski definition) is 3. The number of carbonyl (C=O) groups excluding carboxylic acids is 1. The normalized spacial score (nSPS) is 29.9. The summed E-state index contributed by atoms with van der Waals surface area (Å²) in [5.41, 5.74) is 1.48. The van der Waals surface area contributed by atoms with E-state index in [0.717, 1.165) is 16.7 Å². The van der Waals surface area contributed by atoms with Crippen molar-refractivity contribution in [2.45, 2.75) is 52.7 Å². The van der Waals surface area contributed by atoms with Crippen LogP contribution in [0, 0.1) is 19.3 Å². The van der Waals surface area contributed by atoms with Gasteiger partial charge in [-0.25, -0.2) is 4.79 Å². The summed E-state index contributed by atoms with van der Waals surface area (Å²) in [7, 11) is 0. The van der Waals surface area contributed by atoms with Crippen molar-refractivity contribution in [3.05, 3.63) is 28.8 Å². The maximum atomic E-state index is 12.5. The number of carbonyl (C=O) groups is 1. The van der Waals surface area contributed by atoms with Gasteiger partial charge in [0.2, 0.25) is 5.60 Å². The van der Waals surface area contributed by atoms with Crippen LogP contribution in [0.25, 0.3) is 0 Å². The van der Waals surface area contributed by atoms with Crippen molar-refractivity contribution in [2.75, 3.05) is 0 Å². The lowest BCUT2D eigenvalue weighted by atomic mass is 9.56. The van der Waals surface area contributed by atoms with Crippen LogP contribution in [0.4, 0.5) is 0 Å². The molecule has 0 aromatic heterocycles. The molecule has 3 rings (SSSR count). The molecule has 1 fully saturated rings. The van der Waals surface area contributed by atoms with Crippen LogP contribution in [0.1, 0.15) is 44.4 Å². The summed E-state index contributed by atoms with van der Waals surface area (Å²) in [6.45, 7) is 12.2. The first-order chi connectivity index (χ1) is 8.63. The average Bonchev–Trinajstić information content (AvgIpc) is 2.52. The highest BCUT2D eigenvalue weighted by molar-refractivity contribution is 5.92. The number of benzene rings is 1. The summed E-state index contributed by atoms with van der Waals surface area (Å²) in [5, 5.41) is 0. The van der Waals surface area contributed by atoms with Crippen LogP contribution in [0.3, 0.4) is 0 Å². The van der Waals surface area contributed by atoms with Gasteiger partial charge in [0, 0.05) is 11.0 Å². The minimum absolute atomic E-state index is 0.277. The van der Waals surface area contributed by atoms with E-state index in [9.17, 15) is 4.79 Å². The van der Waals surface area contributed by atoms with Gasteiger partial charge < -0.3 is 9.47 Å². The zero-order chi connectivity index (χ0) is 14.2. The molecule has 2 aliphatic rings. The third-order valence-corrected chi connectivity index (χ3v) is 5.08. The lowest BCUT2D eigenvalue weighted by Crippen LogP contribution is -2.72. The number of rotatable bonds is 0. The predicted octanol–water partition coefficient (Wildman–Crippen LogP) is 3.25. The first kappa shape index (κ1) is 12.7. The molecule has 0 N–H and O–H groups in total. The molecule has 0 aliphatic carbocycles. The second-order valence-corrected chi connectivity index (χ2v) is 6.76. The summed E-state index contributed by atoms with van der Waals surface area (Å²) in [6, 6.07) is 3.99. The van der Waals surface area contributed by atoms with E-state index in [4.69, 9.17) is 9.47 Å². The number of ether oxygens (including phenoxy) is 2. The van der Waals surface area contributed by atoms with Gasteiger partial charge in [0.05, 0.1) is 5.60 Å². The van der Waals surface area contributed by atoms with Crippen LogP contribution in [0.2, 0.25) is 0 Å². The Morgan fingerprint density at radius 3 is 2.21 bits per heavy atom. The maximum Gasteiger partial charge on any atom is 0.349 e. The Morgan fingerprint density at radius 2 is 1.68 bits per heavy atom. The number of hydrogen-bond donors (Lipinski definition) is 0. The van der Waals surface area contributed by atoms with Crippen LogP contribution in [-0.4, -0.2) is 11.6 Å². The van der Waals surface area contributed by atoms with Crippen molar-refractivity contribution in [2.24, 2.45) is 5.41 Å². The van der Waals surface area contributed by atoms with E-state index in [1.807, 2.05) is 33.8 Å². The van der Waals surface area contributed by atoms with Gasteiger partial charge in [-0.2, -0.15) is 0 Å². The SMILES string of the molecule is Cc1cc(C)c2c(c1)OC(=O)C21OC(C)(C)C1(C)C. The fourth-order valence-corrected chi connectivity index (χ4v) is 3.41. The topological polar surface area (TPSA) is 35.5 Å². The van der Waals surface area contributed by atoms with E-state index in [1.165, 1.54) is 0 Å². The van der Waals surface area contributed by atoms with Crippen molar-refractivity contribution >= 4 is 5.97 Å². The minimum Gasteiger partial charge on any atom is -0.424 e. The highest BCUT2D eigenvalue weighted by atomic mass is 16.6. The van der Waals surface area contributed by atoms with E-state index in [2.05, 4.69) is 19.9 Å². The van der Waals surface area contributed by atoms with Gasteiger partial charge in [0.1, 0.15) is 5.75 Å². The van der Waals surface area contributed by atoms with Crippen molar-refractivity contribution in [3.63, 3.8) is 0 Å². The molecule has 102 valence electrons. The van der Waals surface area contributed by atoms with E-state index in [0.29, 0.717) is 5.75 Å². The molecule has 1 aromatic carbocycles. The summed E-state index contributed by atoms with van der Waals surface area (Å²) in [5.74, 6) is 0.381. The molecule has 19 heavy (non-hydrogen) atoms. The Bertz CT molecular complexity index is 598. The molecule has 2 aliphatic heterocycles. The molecule has 0 radical (unpaired) electrons. The zero-order valence-electron chi connectivity index (χ0n) is 12.4. The molecule has 3 nitrogen and oxygen atoms in total. The van der Waals surface area contributed by atoms with Gasteiger partial charge in [0.15, 0.2) is 0 Å². The fourth-order valence-electron chi connectivity index (χ4n) is 3.41. The number of aryl methyl sites for hydroxylation is 2. The lowest BCUT2D eigenvalue weighted by molar-refractivity contribution is -0.346. The quantitative estimate of drug-likeness (QED) is 0.530. The zero-order valence-corrected chi connectivity index (χ0v) is 12.4. The largest absolute Gasteiger partial charge is 0.424 e. The standard InChI is InChI=1S/C16H20O3/c1-9-7-10(2)12-11(8-9)18-13(17)16(12)14(3,4)15(5,6)19-16/h7-8H,1-6H3. The lowest BCUT2D eigenvalue weighted by Gasteiger charge is -2.63. The van der Waals surface area contributed by atoms with Gasteiger partial charge in [-0.1, -0.05) is 19.9 Å². The van der Waals surface area contributed by atoms with Crippen LogP contribution < -0.4 is 4.74 Å². The van der Waals surface area contributed by atoms with Gasteiger partial charge >= 0.3 is 5.97 Å². The monoisotopic (exact) mass is 260 g/mol. The molecular weight excluding hydrogens is 240 g/mol. The Labute approximate surface area is 113 Å². The molecule has 0 bridgehead atoms. The predicted molar refractivity (Wildman–Crippen MR) is 72.2 cm³/mol. The van der Waals surface area contributed by atoms with Crippen molar-refractivity contribution in [1.82, 2.24) is 0 Å². The third-order valence-electron chi connectivity index (χ3n) is 5.08. The molecule has 1 atom stereocenters. The first-order valence-corrected chi connectivity index (χ1v) is 6.68. The Morgan fingerprint density at radius 1 is 1.05 bits per heavy atom. The summed E-state index contributed by atoms with van der Waals surface area (Å²) in [6.07, 6.45) is 0. The molecule has 3 heteroatoms. The highest BCUT2D eigenvalue weighted by Crippen LogP contribution is 2.66. The average molecular weight is 260 g/mol. The van der Waals surface area contributed by atoms with E-state index in [-0.39, 0.29) is 17.0 Å². The Balaban J connectivity index is 2.26. The van der Waals surface area contributed by atoms with Gasteiger partial charge in [0.25, 0.3) is 0 Å². The van der Waals surface area contributed by atoms with E-state index >= 15 is 0 Å². The molecular formula is C16H20O3. The third kappa shape index (κ3) is 1.20. The molecule has 1 spiro atoms. The first-order valence-electron chi connectivity index (χ1n) is 6.68. The smallest absolute Gasteiger partial charge is 0.349 e. The Hall–Kier alpha value is -1.35. The van der Waals surface area contributed by atoms with Crippen LogP contribution in [0.15, 0.2) is 12.1 Å². The maximum absolute atomic E-state index is 12.5. The molecule has 0 saturated carbocycles. The molecule has 0 amide bonds. The number of fused-ring (bicyclic) bond motifs is 2. The highest BCUT2D eigenvalue weighted by Gasteiger charge is 2.75. The summed E-state index contributed by atoms with van der Waals surface area (Å²) >= 11 is 0. The second kappa shape index (κ2) is 3.21. The Kier molecular flexibility index (Phi) is 2.14. The van der Waals surface area contributed by atoms with Crippen LogP contribution in [0.5, 0.6) is 5.75 Å². The molecule has 1 unspecified atom stereocenters. The molecule has 1 aromatic rings. The van der Waals surface area contributed by atoms with Gasteiger partial charge in [-0.05, 0) is 44.9 Å². The fraction of sp³-hybridized carbons (Fsp3) is 0.562. The van der Waals surface area contributed by atoms with E-state index in [1.54, 1.807) is 0 Å². The minimum atomic E-state index is -0.941. The molecule has 2 heterocycles. The number of esters is 1. The van der Waals surface area contributed by atoms with Gasteiger partial charge in [-0.3, -0.25) is 0 Å².